The molecule has 0 saturated carbocycles. The predicted octanol–water partition coefficient (Wildman–Crippen LogP) is 2.09. The fourth-order valence-corrected chi connectivity index (χ4v) is 3.39. The molecule has 21 heavy (non-hydrogen) atoms. The monoisotopic (exact) mass is 310 g/mol. The van der Waals surface area contributed by atoms with E-state index < -0.39 is 0 Å². The fourth-order valence-electron chi connectivity index (χ4n) is 2.38. The van der Waals surface area contributed by atoms with Crippen molar-refractivity contribution >= 4 is 29.6 Å². The third-order valence-electron chi connectivity index (χ3n) is 3.52. The van der Waals surface area contributed by atoms with E-state index >= 15 is 0 Å². The SMILES string of the molecule is CCNc1nc(N(CC)CC)nc(N2CCSC(C)C2)n1. The zero-order chi connectivity index (χ0) is 15.2. The van der Waals surface area contributed by atoms with Crippen molar-refractivity contribution in [2.24, 2.45) is 0 Å². The summed E-state index contributed by atoms with van der Waals surface area (Å²) in [6.07, 6.45) is 0. The van der Waals surface area contributed by atoms with Crippen LogP contribution in [0.1, 0.15) is 27.7 Å². The molecule has 2 rings (SSSR count). The van der Waals surface area contributed by atoms with Crippen molar-refractivity contribution in [1.29, 1.82) is 0 Å². The van der Waals surface area contributed by atoms with E-state index in [0.717, 1.165) is 50.4 Å². The lowest BCUT2D eigenvalue weighted by atomic mass is 10.4. The van der Waals surface area contributed by atoms with Gasteiger partial charge in [0.1, 0.15) is 0 Å². The number of rotatable bonds is 6. The largest absolute Gasteiger partial charge is 0.354 e. The number of hydrogen-bond donors (Lipinski definition) is 1. The highest BCUT2D eigenvalue weighted by molar-refractivity contribution is 8.00. The first-order chi connectivity index (χ1) is 10.2. The van der Waals surface area contributed by atoms with Gasteiger partial charge in [-0.05, 0) is 20.8 Å². The maximum atomic E-state index is 4.70. The van der Waals surface area contributed by atoms with Gasteiger partial charge < -0.3 is 15.1 Å². The van der Waals surface area contributed by atoms with Crippen LogP contribution < -0.4 is 15.1 Å². The van der Waals surface area contributed by atoms with Gasteiger partial charge in [0.15, 0.2) is 0 Å². The average molecular weight is 310 g/mol. The first kappa shape index (κ1) is 16.1. The van der Waals surface area contributed by atoms with E-state index in [0.29, 0.717) is 11.2 Å². The molecular formula is C14H26N6S. The van der Waals surface area contributed by atoms with Gasteiger partial charge in [0.05, 0.1) is 0 Å². The lowest BCUT2D eigenvalue weighted by Crippen LogP contribution is -2.38. The summed E-state index contributed by atoms with van der Waals surface area (Å²) in [6, 6.07) is 0. The van der Waals surface area contributed by atoms with Crippen LogP contribution >= 0.6 is 11.8 Å². The summed E-state index contributed by atoms with van der Waals surface area (Å²) in [5.41, 5.74) is 0. The summed E-state index contributed by atoms with van der Waals surface area (Å²) in [6.45, 7) is 13.2. The lowest BCUT2D eigenvalue weighted by molar-refractivity contribution is 0.739. The topological polar surface area (TPSA) is 57.2 Å². The third-order valence-corrected chi connectivity index (χ3v) is 4.65. The molecule has 0 amide bonds. The minimum atomic E-state index is 0.620. The lowest BCUT2D eigenvalue weighted by Gasteiger charge is -2.31. The highest BCUT2D eigenvalue weighted by Crippen LogP contribution is 2.23. The predicted molar refractivity (Wildman–Crippen MR) is 91.7 cm³/mol. The van der Waals surface area contributed by atoms with Crippen LogP contribution in [0.4, 0.5) is 17.8 Å². The maximum absolute atomic E-state index is 4.70. The number of thioether (sulfide) groups is 1. The molecule has 1 aromatic heterocycles. The van der Waals surface area contributed by atoms with Crippen molar-refractivity contribution in [2.45, 2.75) is 32.9 Å². The molecule has 7 heteroatoms. The van der Waals surface area contributed by atoms with Crippen LogP contribution in [0.3, 0.4) is 0 Å². The van der Waals surface area contributed by atoms with E-state index in [4.69, 9.17) is 4.98 Å². The molecule has 0 aromatic carbocycles. The van der Waals surface area contributed by atoms with Crippen LogP contribution in [-0.2, 0) is 0 Å². The molecule has 0 bridgehead atoms. The second-order valence-corrected chi connectivity index (χ2v) is 6.64. The van der Waals surface area contributed by atoms with Crippen LogP contribution in [0.2, 0.25) is 0 Å². The summed E-state index contributed by atoms with van der Waals surface area (Å²) in [5, 5.41) is 3.84. The highest BCUT2D eigenvalue weighted by Gasteiger charge is 2.21. The molecular weight excluding hydrogens is 284 g/mol. The Balaban J connectivity index is 2.30. The number of anilines is 3. The zero-order valence-electron chi connectivity index (χ0n) is 13.5. The van der Waals surface area contributed by atoms with E-state index in [1.54, 1.807) is 0 Å². The van der Waals surface area contributed by atoms with E-state index in [2.05, 4.69) is 52.8 Å². The van der Waals surface area contributed by atoms with Crippen LogP contribution in [0.5, 0.6) is 0 Å². The Labute approximate surface area is 131 Å². The molecule has 1 saturated heterocycles. The Kier molecular flexibility index (Phi) is 5.90. The summed E-state index contributed by atoms with van der Waals surface area (Å²) in [7, 11) is 0. The van der Waals surface area contributed by atoms with Crippen LogP contribution in [-0.4, -0.2) is 58.7 Å². The number of nitrogens with zero attached hydrogens (tertiary/aromatic N) is 5. The highest BCUT2D eigenvalue weighted by atomic mass is 32.2. The van der Waals surface area contributed by atoms with Gasteiger partial charge in [-0.25, -0.2) is 0 Å². The third kappa shape index (κ3) is 4.12. The molecule has 0 spiro atoms. The van der Waals surface area contributed by atoms with Gasteiger partial charge in [-0.15, -0.1) is 0 Å². The van der Waals surface area contributed by atoms with Crippen LogP contribution in [0.15, 0.2) is 0 Å². The molecule has 6 nitrogen and oxygen atoms in total. The number of hydrogen-bond acceptors (Lipinski definition) is 7. The molecule has 1 fully saturated rings. The summed E-state index contributed by atoms with van der Waals surface area (Å²) >= 11 is 2.01. The molecule has 1 aliphatic heterocycles. The Morgan fingerprint density at radius 3 is 2.62 bits per heavy atom. The Hall–Kier alpha value is -1.24. The van der Waals surface area contributed by atoms with Crippen molar-refractivity contribution in [3.05, 3.63) is 0 Å². The van der Waals surface area contributed by atoms with Gasteiger partial charge in [-0.3, -0.25) is 0 Å². The Bertz CT molecular complexity index is 451. The molecule has 1 N–H and O–H groups in total. The quantitative estimate of drug-likeness (QED) is 0.863. The van der Waals surface area contributed by atoms with Gasteiger partial charge in [0, 0.05) is 43.7 Å². The van der Waals surface area contributed by atoms with Gasteiger partial charge >= 0.3 is 0 Å². The maximum Gasteiger partial charge on any atom is 0.232 e. The van der Waals surface area contributed by atoms with Crippen molar-refractivity contribution < 1.29 is 0 Å². The smallest absolute Gasteiger partial charge is 0.232 e. The van der Waals surface area contributed by atoms with Crippen LogP contribution in [0, 0.1) is 0 Å². The minimum absolute atomic E-state index is 0.620. The normalized spacial score (nSPS) is 18.7. The first-order valence-electron chi connectivity index (χ1n) is 7.79. The number of aromatic nitrogens is 3. The van der Waals surface area contributed by atoms with Gasteiger partial charge in [0.25, 0.3) is 0 Å². The molecule has 1 aliphatic rings. The molecule has 118 valence electrons. The molecule has 1 aromatic rings. The molecule has 0 radical (unpaired) electrons. The molecule has 1 unspecified atom stereocenters. The van der Waals surface area contributed by atoms with Crippen molar-refractivity contribution in [2.75, 3.05) is 53.6 Å². The average Bonchev–Trinajstić information content (AvgIpc) is 2.49. The summed E-state index contributed by atoms with van der Waals surface area (Å²) < 4.78 is 0. The molecule has 2 heterocycles. The van der Waals surface area contributed by atoms with Crippen molar-refractivity contribution in [3.63, 3.8) is 0 Å². The second-order valence-electron chi connectivity index (χ2n) is 5.09. The number of nitrogens with one attached hydrogen (secondary N) is 1. The fraction of sp³-hybridized carbons (Fsp3) is 0.786. The van der Waals surface area contributed by atoms with E-state index in [1.807, 2.05) is 11.8 Å². The van der Waals surface area contributed by atoms with Gasteiger partial charge in [-0.2, -0.15) is 26.7 Å². The van der Waals surface area contributed by atoms with Gasteiger partial charge in [-0.1, -0.05) is 6.92 Å². The van der Waals surface area contributed by atoms with E-state index in [9.17, 15) is 0 Å². The standard InChI is InChI=1S/C14H26N6S/c1-5-15-12-16-13(19(6-2)7-3)18-14(17-12)20-8-9-21-11(4)10-20/h11H,5-10H2,1-4H3,(H,15,16,17,18). The zero-order valence-corrected chi connectivity index (χ0v) is 14.3. The van der Waals surface area contributed by atoms with Gasteiger partial charge in [0.2, 0.25) is 17.8 Å². The van der Waals surface area contributed by atoms with Crippen molar-refractivity contribution in [3.8, 4) is 0 Å². The van der Waals surface area contributed by atoms with E-state index in [1.165, 1.54) is 0 Å². The first-order valence-corrected chi connectivity index (χ1v) is 8.84. The Morgan fingerprint density at radius 1 is 1.24 bits per heavy atom. The summed E-state index contributed by atoms with van der Waals surface area (Å²) in [4.78, 5) is 18.3. The second kappa shape index (κ2) is 7.68. The molecule has 1 atom stereocenters. The Morgan fingerprint density at radius 2 is 2.00 bits per heavy atom. The molecule has 0 aliphatic carbocycles. The summed E-state index contributed by atoms with van der Waals surface area (Å²) in [5.74, 6) is 3.38. The minimum Gasteiger partial charge on any atom is -0.354 e. The van der Waals surface area contributed by atoms with Crippen LogP contribution in [0.25, 0.3) is 0 Å². The van der Waals surface area contributed by atoms with Crippen molar-refractivity contribution in [1.82, 2.24) is 15.0 Å². The van der Waals surface area contributed by atoms with E-state index in [-0.39, 0.29) is 0 Å².